The Balaban J connectivity index is 1.48. The Kier molecular flexibility index (Phi) is 5.79. The summed E-state index contributed by atoms with van der Waals surface area (Å²) >= 11 is 0. The fourth-order valence-electron chi connectivity index (χ4n) is 4.84. The second-order valence-electron chi connectivity index (χ2n) is 8.33. The Morgan fingerprint density at radius 1 is 0.912 bits per heavy atom. The molecular weight excluding hydrogens is 432 g/mol. The molecule has 2 aliphatic heterocycles. The molecule has 0 aliphatic carbocycles. The molecule has 0 bridgehead atoms. The minimum atomic E-state index is -1.25. The zero-order chi connectivity index (χ0) is 23.7. The fraction of sp³-hybridized carbons (Fsp3) is 0.296. The Morgan fingerprint density at radius 2 is 1.62 bits per heavy atom. The summed E-state index contributed by atoms with van der Waals surface area (Å²) in [4.78, 5) is 6.70. The molecule has 1 N–H and O–H groups in total. The maximum absolute atomic E-state index is 12.1. The van der Waals surface area contributed by atoms with E-state index in [1.807, 2.05) is 53.4 Å². The summed E-state index contributed by atoms with van der Waals surface area (Å²) in [7, 11) is 4.75. The molecule has 0 amide bonds. The minimum Gasteiger partial charge on any atom is -0.493 e. The zero-order valence-electron chi connectivity index (χ0n) is 19.6. The smallest absolute Gasteiger partial charge is 0.203 e. The lowest BCUT2D eigenvalue weighted by atomic mass is 9.86. The van der Waals surface area contributed by atoms with E-state index in [1.54, 1.807) is 21.3 Å². The lowest BCUT2D eigenvalue weighted by molar-refractivity contribution is -0.0763. The van der Waals surface area contributed by atoms with Gasteiger partial charge in [-0.3, -0.25) is 4.99 Å². The number of methoxy groups -OCH3 is 3. The van der Waals surface area contributed by atoms with Crippen molar-refractivity contribution in [3.05, 3.63) is 82.9 Å². The van der Waals surface area contributed by atoms with Crippen LogP contribution in [0.2, 0.25) is 0 Å². The van der Waals surface area contributed by atoms with E-state index in [-0.39, 0.29) is 6.61 Å². The maximum atomic E-state index is 12.1. The van der Waals surface area contributed by atoms with E-state index in [1.165, 1.54) is 0 Å². The Morgan fingerprint density at radius 3 is 2.35 bits per heavy atom. The predicted octanol–water partition coefficient (Wildman–Crippen LogP) is 3.76. The SMILES string of the molecule is COc1cc(COc2ccccc2C2(O)Cc3ccccc3C3=NCCN32)cc(OC)c1OC. The van der Waals surface area contributed by atoms with Crippen molar-refractivity contribution in [2.45, 2.75) is 18.8 Å². The number of nitrogens with zero attached hydrogens (tertiary/aromatic N) is 2. The van der Waals surface area contributed by atoms with E-state index in [9.17, 15) is 5.11 Å². The van der Waals surface area contributed by atoms with Gasteiger partial charge in [0.15, 0.2) is 17.2 Å². The normalized spacial score (nSPS) is 18.6. The first kappa shape index (κ1) is 22.1. The van der Waals surface area contributed by atoms with Gasteiger partial charge in [0.05, 0.1) is 27.9 Å². The molecule has 3 aromatic carbocycles. The van der Waals surface area contributed by atoms with Crippen LogP contribution in [0.5, 0.6) is 23.0 Å². The number of ether oxygens (including phenoxy) is 4. The van der Waals surface area contributed by atoms with Crippen molar-refractivity contribution in [3.8, 4) is 23.0 Å². The van der Waals surface area contributed by atoms with Gasteiger partial charge in [0.25, 0.3) is 0 Å². The minimum absolute atomic E-state index is 0.265. The van der Waals surface area contributed by atoms with Crippen molar-refractivity contribution in [1.82, 2.24) is 4.90 Å². The number of rotatable bonds is 7. The Bertz CT molecular complexity index is 1220. The van der Waals surface area contributed by atoms with E-state index < -0.39 is 5.72 Å². The van der Waals surface area contributed by atoms with Gasteiger partial charge in [-0.2, -0.15) is 0 Å². The second kappa shape index (κ2) is 8.91. The van der Waals surface area contributed by atoms with Crippen LogP contribution in [0.1, 0.15) is 22.3 Å². The second-order valence-corrected chi connectivity index (χ2v) is 8.33. The van der Waals surface area contributed by atoms with Gasteiger partial charge in [-0.25, -0.2) is 0 Å². The topological polar surface area (TPSA) is 72.8 Å². The first-order valence-electron chi connectivity index (χ1n) is 11.2. The molecule has 1 unspecified atom stereocenters. The van der Waals surface area contributed by atoms with E-state index in [4.69, 9.17) is 23.9 Å². The number of hydrogen-bond acceptors (Lipinski definition) is 7. The Hall–Kier alpha value is -3.71. The molecular formula is C27H28N2O5. The van der Waals surface area contributed by atoms with Crippen LogP contribution >= 0.6 is 0 Å². The monoisotopic (exact) mass is 460 g/mol. The van der Waals surface area contributed by atoms with Gasteiger partial charge < -0.3 is 29.0 Å². The summed E-state index contributed by atoms with van der Waals surface area (Å²) in [6, 6.07) is 19.5. The third-order valence-electron chi connectivity index (χ3n) is 6.42. The maximum Gasteiger partial charge on any atom is 0.203 e. The predicted molar refractivity (Wildman–Crippen MR) is 129 cm³/mol. The highest BCUT2D eigenvalue weighted by Gasteiger charge is 2.46. The number of amidine groups is 1. The summed E-state index contributed by atoms with van der Waals surface area (Å²) in [5.41, 5.74) is 2.47. The van der Waals surface area contributed by atoms with Crippen molar-refractivity contribution < 1.29 is 24.1 Å². The molecule has 2 aliphatic rings. The average Bonchev–Trinajstić information content (AvgIpc) is 3.38. The lowest BCUT2D eigenvalue weighted by Gasteiger charge is -2.44. The number of hydrogen-bond donors (Lipinski definition) is 1. The van der Waals surface area contributed by atoms with E-state index in [2.05, 4.69) is 12.1 Å². The highest BCUT2D eigenvalue weighted by Crippen LogP contribution is 2.43. The summed E-state index contributed by atoms with van der Waals surface area (Å²) in [6.45, 7) is 1.57. The molecule has 7 heteroatoms. The molecule has 176 valence electrons. The van der Waals surface area contributed by atoms with Crippen LogP contribution in [0.25, 0.3) is 0 Å². The molecule has 0 saturated heterocycles. The van der Waals surface area contributed by atoms with Crippen LogP contribution in [0.15, 0.2) is 65.7 Å². The summed E-state index contributed by atoms with van der Waals surface area (Å²) < 4.78 is 22.6. The van der Waals surface area contributed by atoms with E-state index >= 15 is 0 Å². The van der Waals surface area contributed by atoms with Gasteiger partial charge in [-0.1, -0.05) is 42.5 Å². The molecule has 34 heavy (non-hydrogen) atoms. The molecule has 0 spiro atoms. The standard InChI is InChI=1S/C27H28N2O5/c1-31-23-14-18(15-24(32-2)25(23)33-3)17-34-22-11-7-6-10-21(22)27(30)16-19-8-4-5-9-20(19)26-28-12-13-29(26)27/h4-11,14-15,30H,12-13,16-17H2,1-3H3. The van der Waals surface area contributed by atoms with Crippen molar-refractivity contribution >= 4 is 5.84 Å². The van der Waals surface area contributed by atoms with Gasteiger partial charge in [0, 0.05) is 24.1 Å². The molecule has 7 nitrogen and oxygen atoms in total. The quantitative estimate of drug-likeness (QED) is 0.579. The number of aliphatic imine (C=N–C) groups is 1. The van der Waals surface area contributed by atoms with Crippen LogP contribution in [0.4, 0.5) is 0 Å². The van der Waals surface area contributed by atoms with Gasteiger partial charge >= 0.3 is 0 Å². The van der Waals surface area contributed by atoms with Crippen molar-refractivity contribution in [3.63, 3.8) is 0 Å². The number of para-hydroxylation sites is 1. The van der Waals surface area contributed by atoms with Crippen LogP contribution < -0.4 is 18.9 Å². The van der Waals surface area contributed by atoms with Gasteiger partial charge in [-0.15, -0.1) is 0 Å². The van der Waals surface area contributed by atoms with Gasteiger partial charge in [0.1, 0.15) is 18.2 Å². The van der Waals surface area contributed by atoms with Crippen LogP contribution in [-0.2, 0) is 18.8 Å². The van der Waals surface area contributed by atoms with Crippen molar-refractivity contribution in [2.24, 2.45) is 4.99 Å². The molecule has 0 fully saturated rings. The average molecular weight is 461 g/mol. The molecule has 0 saturated carbocycles. The van der Waals surface area contributed by atoms with Crippen molar-refractivity contribution in [1.29, 1.82) is 0 Å². The highest BCUT2D eigenvalue weighted by molar-refractivity contribution is 6.02. The summed E-state index contributed by atoms with van der Waals surface area (Å²) in [6.07, 6.45) is 0.451. The van der Waals surface area contributed by atoms with Crippen LogP contribution in [0, 0.1) is 0 Å². The van der Waals surface area contributed by atoms with Crippen LogP contribution in [0.3, 0.4) is 0 Å². The fourth-order valence-corrected chi connectivity index (χ4v) is 4.84. The molecule has 2 heterocycles. The number of aliphatic hydroxyl groups is 1. The molecule has 0 aromatic heterocycles. The van der Waals surface area contributed by atoms with Gasteiger partial charge in [-0.05, 0) is 29.3 Å². The van der Waals surface area contributed by atoms with E-state index in [0.717, 1.165) is 22.5 Å². The Labute approximate surface area is 199 Å². The molecule has 1 atom stereocenters. The summed E-state index contributed by atoms with van der Waals surface area (Å²) in [5, 5.41) is 12.1. The number of fused-ring (bicyclic) bond motifs is 3. The molecule has 5 rings (SSSR count). The van der Waals surface area contributed by atoms with Crippen LogP contribution in [-0.4, -0.2) is 50.3 Å². The first-order chi connectivity index (χ1) is 16.6. The number of benzene rings is 3. The van der Waals surface area contributed by atoms with E-state index in [0.29, 0.717) is 48.1 Å². The molecule has 3 aromatic rings. The highest BCUT2D eigenvalue weighted by atomic mass is 16.5. The first-order valence-corrected chi connectivity index (χ1v) is 11.2. The zero-order valence-corrected chi connectivity index (χ0v) is 19.6. The third kappa shape index (κ3) is 3.62. The largest absolute Gasteiger partial charge is 0.493 e. The molecule has 0 radical (unpaired) electrons. The van der Waals surface area contributed by atoms with Crippen molar-refractivity contribution in [2.75, 3.05) is 34.4 Å². The lowest BCUT2D eigenvalue weighted by Crippen LogP contribution is -2.53. The summed E-state index contributed by atoms with van der Waals surface area (Å²) in [5.74, 6) is 3.11. The third-order valence-corrected chi connectivity index (χ3v) is 6.42. The van der Waals surface area contributed by atoms with Gasteiger partial charge in [0.2, 0.25) is 5.75 Å².